The van der Waals surface area contributed by atoms with Crippen LogP contribution in [-0.2, 0) is 4.79 Å². The summed E-state index contributed by atoms with van der Waals surface area (Å²) in [6, 6.07) is 8.39. The molecule has 2 aliphatic rings. The lowest BCUT2D eigenvalue weighted by Gasteiger charge is -2.27. The third-order valence-electron chi connectivity index (χ3n) is 5.40. The molecule has 0 aliphatic carbocycles. The average Bonchev–Trinajstić information content (AvgIpc) is 2.85. The van der Waals surface area contributed by atoms with Crippen molar-refractivity contribution in [3.8, 4) is 0 Å². The van der Waals surface area contributed by atoms with Crippen molar-refractivity contribution in [2.45, 2.75) is 45.4 Å². The topological polar surface area (TPSA) is 36.8 Å². The standard InChI is InChI=1S/C20H31N3O/c1-17-7-6-12-22(15-17)16-20(24)21-18-8-10-19(11-9-18)23-13-4-2-3-5-14-23/h8-11,17H,2-7,12-16H2,1H3,(H,21,24)/p+1/t17-/m1/s1. The largest absolute Gasteiger partial charge is 0.372 e. The van der Waals surface area contributed by atoms with Crippen LogP contribution in [-0.4, -0.2) is 38.6 Å². The summed E-state index contributed by atoms with van der Waals surface area (Å²) in [4.78, 5) is 16.2. The fourth-order valence-electron chi connectivity index (χ4n) is 4.07. The number of hydrogen-bond acceptors (Lipinski definition) is 2. The molecular formula is C20H32N3O+. The molecule has 24 heavy (non-hydrogen) atoms. The molecule has 2 aliphatic heterocycles. The van der Waals surface area contributed by atoms with Crippen LogP contribution in [0.5, 0.6) is 0 Å². The summed E-state index contributed by atoms with van der Waals surface area (Å²) in [5.41, 5.74) is 2.20. The molecule has 2 N–H and O–H groups in total. The van der Waals surface area contributed by atoms with Crippen molar-refractivity contribution in [1.82, 2.24) is 0 Å². The Labute approximate surface area is 146 Å². The Balaban J connectivity index is 1.50. The van der Waals surface area contributed by atoms with E-state index >= 15 is 0 Å². The molecule has 2 saturated heterocycles. The van der Waals surface area contributed by atoms with Gasteiger partial charge >= 0.3 is 0 Å². The molecule has 1 amide bonds. The predicted molar refractivity (Wildman–Crippen MR) is 99.7 cm³/mol. The summed E-state index contributed by atoms with van der Waals surface area (Å²) in [5, 5.41) is 3.07. The first-order chi connectivity index (χ1) is 11.7. The second-order valence-corrected chi connectivity index (χ2v) is 7.62. The fraction of sp³-hybridized carbons (Fsp3) is 0.650. The smallest absolute Gasteiger partial charge is 0.279 e. The molecule has 1 unspecified atom stereocenters. The molecule has 2 fully saturated rings. The number of carbonyl (C=O) groups excluding carboxylic acids is 1. The fourth-order valence-corrected chi connectivity index (χ4v) is 4.07. The molecule has 1 aromatic carbocycles. The van der Waals surface area contributed by atoms with E-state index < -0.39 is 0 Å². The molecule has 0 saturated carbocycles. The van der Waals surface area contributed by atoms with Crippen molar-refractivity contribution >= 4 is 17.3 Å². The van der Waals surface area contributed by atoms with Gasteiger partial charge in [0.05, 0.1) is 13.1 Å². The van der Waals surface area contributed by atoms with Gasteiger partial charge in [0.1, 0.15) is 0 Å². The molecular weight excluding hydrogens is 298 g/mol. The molecule has 4 heteroatoms. The minimum Gasteiger partial charge on any atom is -0.372 e. The Morgan fingerprint density at radius 1 is 1.12 bits per heavy atom. The minimum absolute atomic E-state index is 0.140. The van der Waals surface area contributed by atoms with E-state index in [9.17, 15) is 4.79 Å². The van der Waals surface area contributed by atoms with Crippen molar-refractivity contribution in [2.75, 3.05) is 42.9 Å². The van der Waals surface area contributed by atoms with E-state index in [-0.39, 0.29) is 5.91 Å². The molecule has 3 rings (SSSR count). The first-order valence-electron chi connectivity index (χ1n) is 9.69. The maximum Gasteiger partial charge on any atom is 0.279 e. The van der Waals surface area contributed by atoms with E-state index in [1.807, 2.05) is 12.1 Å². The van der Waals surface area contributed by atoms with Crippen LogP contribution in [0.25, 0.3) is 0 Å². The normalized spacial score (nSPS) is 25.1. The Morgan fingerprint density at radius 3 is 2.50 bits per heavy atom. The van der Waals surface area contributed by atoms with E-state index in [4.69, 9.17) is 0 Å². The highest BCUT2D eigenvalue weighted by atomic mass is 16.2. The summed E-state index contributed by atoms with van der Waals surface area (Å²) in [7, 11) is 0. The summed E-state index contributed by atoms with van der Waals surface area (Å²) >= 11 is 0. The van der Waals surface area contributed by atoms with Gasteiger partial charge in [0, 0.05) is 30.4 Å². The molecule has 2 atom stereocenters. The van der Waals surface area contributed by atoms with Crippen molar-refractivity contribution < 1.29 is 9.69 Å². The average molecular weight is 330 g/mol. The first kappa shape index (κ1) is 17.3. The van der Waals surface area contributed by atoms with Crippen LogP contribution in [0.4, 0.5) is 11.4 Å². The van der Waals surface area contributed by atoms with Crippen LogP contribution in [0.1, 0.15) is 45.4 Å². The summed E-state index contributed by atoms with van der Waals surface area (Å²) < 4.78 is 0. The van der Waals surface area contributed by atoms with Crippen LogP contribution < -0.4 is 15.1 Å². The van der Waals surface area contributed by atoms with E-state index in [1.54, 1.807) is 0 Å². The molecule has 0 bridgehead atoms. The molecule has 132 valence electrons. The van der Waals surface area contributed by atoms with Gasteiger partial charge in [-0.1, -0.05) is 19.8 Å². The van der Waals surface area contributed by atoms with E-state index in [1.165, 1.54) is 49.1 Å². The van der Waals surface area contributed by atoms with Crippen LogP contribution in [0.2, 0.25) is 0 Å². The quantitative estimate of drug-likeness (QED) is 0.889. The molecule has 2 heterocycles. The van der Waals surface area contributed by atoms with E-state index in [2.05, 4.69) is 29.3 Å². The molecule has 0 aromatic heterocycles. The number of rotatable bonds is 4. The van der Waals surface area contributed by atoms with Gasteiger partial charge in [0.2, 0.25) is 0 Å². The first-order valence-corrected chi connectivity index (χ1v) is 9.69. The van der Waals surface area contributed by atoms with Gasteiger partial charge in [-0.15, -0.1) is 0 Å². The Kier molecular flexibility index (Phi) is 6.13. The van der Waals surface area contributed by atoms with Gasteiger partial charge in [0.15, 0.2) is 6.54 Å². The van der Waals surface area contributed by atoms with Gasteiger partial charge < -0.3 is 15.1 Å². The van der Waals surface area contributed by atoms with Gasteiger partial charge in [-0.2, -0.15) is 0 Å². The molecule has 0 spiro atoms. The Hall–Kier alpha value is -1.55. The maximum absolute atomic E-state index is 12.3. The number of nitrogens with one attached hydrogen (secondary N) is 2. The number of hydrogen-bond donors (Lipinski definition) is 2. The van der Waals surface area contributed by atoms with Crippen LogP contribution in [0, 0.1) is 5.92 Å². The minimum atomic E-state index is 0.140. The number of amides is 1. The lowest BCUT2D eigenvalue weighted by Crippen LogP contribution is -3.14. The van der Waals surface area contributed by atoms with Crippen molar-refractivity contribution in [3.63, 3.8) is 0 Å². The van der Waals surface area contributed by atoms with Gasteiger partial charge in [0.25, 0.3) is 5.91 Å². The lowest BCUT2D eigenvalue weighted by atomic mass is 10.0. The van der Waals surface area contributed by atoms with Crippen LogP contribution in [0.3, 0.4) is 0 Å². The molecule has 1 aromatic rings. The highest BCUT2D eigenvalue weighted by molar-refractivity contribution is 5.91. The zero-order valence-electron chi connectivity index (χ0n) is 15.0. The highest BCUT2D eigenvalue weighted by Crippen LogP contribution is 2.21. The predicted octanol–water partition coefficient (Wildman–Crippen LogP) is 2.32. The summed E-state index contributed by atoms with van der Waals surface area (Å²) in [6.07, 6.45) is 7.83. The maximum atomic E-state index is 12.3. The van der Waals surface area contributed by atoms with Gasteiger partial charge in [-0.25, -0.2) is 0 Å². The number of nitrogens with zero attached hydrogens (tertiary/aromatic N) is 1. The molecule has 0 radical (unpaired) electrons. The van der Waals surface area contributed by atoms with Gasteiger partial charge in [-0.3, -0.25) is 4.79 Å². The zero-order valence-corrected chi connectivity index (χ0v) is 15.0. The third-order valence-corrected chi connectivity index (χ3v) is 5.40. The third kappa shape index (κ3) is 4.97. The number of anilines is 2. The van der Waals surface area contributed by atoms with E-state index in [0.717, 1.165) is 37.8 Å². The van der Waals surface area contributed by atoms with E-state index in [0.29, 0.717) is 6.54 Å². The van der Waals surface area contributed by atoms with Gasteiger partial charge in [-0.05, 0) is 49.9 Å². The van der Waals surface area contributed by atoms with Crippen molar-refractivity contribution in [1.29, 1.82) is 0 Å². The number of carbonyl (C=O) groups is 1. The Bertz CT molecular complexity index is 520. The van der Waals surface area contributed by atoms with Crippen LogP contribution >= 0.6 is 0 Å². The van der Waals surface area contributed by atoms with Crippen molar-refractivity contribution in [2.24, 2.45) is 5.92 Å². The monoisotopic (exact) mass is 330 g/mol. The highest BCUT2D eigenvalue weighted by Gasteiger charge is 2.22. The number of likely N-dealkylation sites (tertiary alicyclic amines) is 1. The lowest BCUT2D eigenvalue weighted by molar-refractivity contribution is -0.900. The molecule has 4 nitrogen and oxygen atoms in total. The Morgan fingerprint density at radius 2 is 1.83 bits per heavy atom. The number of quaternary nitrogens is 1. The summed E-state index contributed by atoms with van der Waals surface area (Å²) in [6.45, 7) is 7.45. The summed E-state index contributed by atoms with van der Waals surface area (Å²) in [5.74, 6) is 0.885. The zero-order chi connectivity index (χ0) is 16.8. The second-order valence-electron chi connectivity index (χ2n) is 7.62. The number of benzene rings is 1. The van der Waals surface area contributed by atoms with Crippen LogP contribution in [0.15, 0.2) is 24.3 Å². The number of piperidine rings is 1. The van der Waals surface area contributed by atoms with Crippen molar-refractivity contribution in [3.05, 3.63) is 24.3 Å². The second kappa shape index (κ2) is 8.52. The SMILES string of the molecule is C[C@@H]1CCC[NH+](CC(=O)Nc2ccc(N3CCCCCC3)cc2)C1.